The molecular weight excluding hydrogens is 297 g/mol. The van der Waals surface area contributed by atoms with Crippen LogP contribution < -0.4 is 4.74 Å². The smallest absolute Gasteiger partial charge is 0.269 e. The van der Waals surface area contributed by atoms with Crippen LogP contribution in [0.2, 0.25) is 0 Å². The molecule has 110 valence electrons. The van der Waals surface area contributed by atoms with Crippen LogP contribution >= 0.6 is 11.6 Å². The molecule has 0 saturated carbocycles. The molecule has 0 aliphatic carbocycles. The number of rotatable bonds is 6. The number of halogens is 2. The van der Waals surface area contributed by atoms with Gasteiger partial charge in [-0.3, -0.25) is 10.1 Å². The van der Waals surface area contributed by atoms with E-state index in [1.54, 1.807) is 18.2 Å². The fourth-order valence-electron chi connectivity index (χ4n) is 1.85. The average Bonchev–Trinajstić information content (AvgIpc) is 2.47. The first-order valence-corrected chi connectivity index (χ1v) is 6.83. The van der Waals surface area contributed by atoms with Gasteiger partial charge in [0.2, 0.25) is 0 Å². The summed E-state index contributed by atoms with van der Waals surface area (Å²) in [6.07, 6.45) is 0.574. The van der Waals surface area contributed by atoms with Crippen LogP contribution in [0.4, 0.5) is 10.1 Å². The number of alkyl halides is 1. The fraction of sp³-hybridized carbons (Fsp3) is 0.200. The van der Waals surface area contributed by atoms with Gasteiger partial charge in [-0.2, -0.15) is 0 Å². The van der Waals surface area contributed by atoms with Crippen LogP contribution in [-0.2, 0) is 12.3 Å². The lowest BCUT2D eigenvalue weighted by atomic mass is 10.1. The minimum atomic E-state index is -0.444. The third kappa shape index (κ3) is 4.43. The number of ether oxygens (including phenoxy) is 1. The van der Waals surface area contributed by atoms with Crippen molar-refractivity contribution in [2.75, 3.05) is 6.61 Å². The molecule has 6 heteroatoms. The van der Waals surface area contributed by atoms with E-state index in [1.165, 1.54) is 24.3 Å². The highest BCUT2D eigenvalue weighted by atomic mass is 35.5. The number of hydrogen-bond donors (Lipinski definition) is 0. The molecule has 0 aliphatic heterocycles. The van der Waals surface area contributed by atoms with Crippen molar-refractivity contribution in [2.24, 2.45) is 0 Å². The maximum atomic E-state index is 13.3. The molecule has 0 aliphatic rings. The zero-order valence-electron chi connectivity index (χ0n) is 11.1. The largest absolute Gasteiger partial charge is 0.493 e. The normalized spacial score (nSPS) is 10.4. The lowest BCUT2D eigenvalue weighted by molar-refractivity contribution is -0.384. The molecule has 0 bridgehead atoms. The Morgan fingerprint density at radius 2 is 1.86 bits per heavy atom. The topological polar surface area (TPSA) is 52.4 Å². The Balaban J connectivity index is 1.92. The molecule has 0 heterocycles. The predicted molar refractivity (Wildman–Crippen MR) is 78.3 cm³/mol. The van der Waals surface area contributed by atoms with Crippen molar-refractivity contribution < 1.29 is 14.1 Å². The molecule has 0 amide bonds. The third-order valence-electron chi connectivity index (χ3n) is 2.89. The van der Waals surface area contributed by atoms with Gasteiger partial charge in [-0.05, 0) is 23.3 Å². The summed E-state index contributed by atoms with van der Waals surface area (Å²) >= 11 is 5.66. The molecule has 2 aromatic carbocycles. The first-order valence-electron chi connectivity index (χ1n) is 6.30. The Morgan fingerprint density at radius 1 is 1.14 bits per heavy atom. The molecule has 0 N–H and O–H groups in total. The third-order valence-corrected chi connectivity index (χ3v) is 3.20. The summed E-state index contributed by atoms with van der Waals surface area (Å²) in [5, 5.41) is 10.5. The van der Waals surface area contributed by atoms with Gasteiger partial charge in [-0.15, -0.1) is 11.6 Å². The Bertz CT molecular complexity index is 631. The average molecular weight is 310 g/mol. The van der Waals surface area contributed by atoms with Crippen LogP contribution in [0.3, 0.4) is 0 Å². The van der Waals surface area contributed by atoms with E-state index in [1.807, 2.05) is 0 Å². The molecule has 0 saturated heterocycles. The Kier molecular flexibility index (Phi) is 5.11. The van der Waals surface area contributed by atoms with Crippen molar-refractivity contribution in [1.82, 2.24) is 0 Å². The molecule has 0 unspecified atom stereocenters. The van der Waals surface area contributed by atoms with E-state index in [2.05, 4.69) is 0 Å². The second kappa shape index (κ2) is 7.04. The molecule has 2 aromatic rings. The number of nitro benzene ring substituents is 1. The maximum absolute atomic E-state index is 13.3. The van der Waals surface area contributed by atoms with Gasteiger partial charge in [0, 0.05) is 30.5 Å². The summed E-state index contributed by atoms with van der Waals surface area (Å²) in [6, 6.07) is 10.6. The Hall–Kier alpha value is -2.14. The molecule has 21 heavy (non-hydrogen) atoms. The summed E-state index contributed by atoms with van der Waals surface area (Å²) in [4.78, 5) is 10.1. The van der Waals surface area contributed by atoms with Crippen molar-refractivity contribution in [1.29, 1.82) is 0 Å². The molecule has 0 aromatic heterocycles. The van der Waals surface area contributed by atoms with E-state index in [9.17, 15) is 14.5 Å². The van der Waals surface area contributed by atoms with Crippen molar-refractivity contribution in [3.05, 3.63) is 69.5 Å². The molecule has 0 fully saturated rings. The number of nitro groups is 1. The lowest BCUT2D eigenvalue weighted by Gasteiger charge is -2.08. The first-order chi connectivity index (χ1) is 10.1. The number of non-ortho nitro benzene ring substituents is 1. The van der Waals surface area contributed by atoms with E-state index in [4.69, 9.17) is 16.3 Å². The van der Waals surface area contributed by atoms with Gasteiger partial charge in [-0.25, -0.2) is 4.39 Å². The summed E-state index contributed by atoms with van der Waals surface area (Å²) in [5.41, 5.74) is 1.62. The number of hydrogen-bond acceptors (Lipinski definition) is 3. The zero-order valence-corrected chi connectivity index (χ0v) is 11.8. The van der Waals surface area contributed by atoms with Crippen molar-refractivity contribution in [2.45, 2.75) is 12.3 Å². The highest BCUT2D eigenvalue weighted by Gasteiger charge is 2.05. The summed E-state index contributed by atoms with van der Waals surface area (Å²) < 4.78 is 18.8. The van der Waals surface area contributed by atoms with Crippen LogP contribution in [0.1, 0.15) is 11.1 Å². The van der Waals surface area contributed by atoms with E-state index in [0.717, 1.165) is 5.56 Å². The van der Waals surface area contributed by atoms with Gasteiger partial charge in [0.15, 0.2) is 0 Å². The van der Waals surface area contributed by atoms with Gasteiger partial charge in [-0.1, -0.05) is 12.1 Å². The van der Waals surface area contributed by atoms with E-state index >= 15 is 0 Å². The van der Waals surface area contributed by atoms with Crippen LogP contribution in [0.15, 0.2) is 42.5 Å². The lowest BCUT2D eigenvalue weighted by Crippen LogP contribution is -2.02. The van der Waals surface area contributed by atoms with Gasteiger partial charge in [0.05, 0.1) is 11.5 Å². The standard InChI is InChI=1S/C15H13ClFNO3/c16-10-12-7-13(17)9-15(8-12)21-6-5-11-1-3-14(4-2-11)18(19)20/h1-4,7-9H,5-6,10H2. The van der Waals surface area contributed by atoms with Crippen molar-refractivity contribution in [3.8, 4) is 5.75 Å². The SMILES string of the molecule is O=[N+]([O-])c1ccc(CCOc2cc(F)cc(CCl)c2)cc1. The monoisotopic (exact) mass is 309 g/mol. The van der Waals surface area contributed by atoms with Crippen LogP contribution in [0, 0.1) is 15.9 Å². The molecule has 0 atom stereocenters. The molecule has 0 radical (unpaired) electrons. The minimum absolute atomic E-state index is 0.0524. The highest BCUT2D eigenvalue weighted by Crippen LogP contribution is 2.18. The maximum Gasteiger partial charge on any atom is 0.269 e. The van der Waals surface area contributed by atoms with Crippen molar-refractivity contribution >= 4 is 17.3 Å². The number of nitrogens with zero attached hydrogens (tertiary/aromatic N) is 1. The van der Waals surface area contributed by atoms with E-state index < -0.39 is 10.7 Å². The molecule has 2 rings (SSSR count). The van der Waals surface area contributed by atoms with Gasteiger partial charge in [0.1, 0.15) is 11.6 Å². The molecule has 0 spiro atoms. The predicted octanol–water partition coefficient (Wildman–Crippen LogP) is 4.09. The van der Waals surface area contributed by atoms with E-state index in [0.29, 0.717) is 24.3 Å². The minimum Gasteiger partial charge on any atom is -0.493 e. The Labute approximate surface area is 126 Å². The van der Waals surface area contributed by atoms with Crippen LogP contribution in [0.25, 0.3) is 0 Å². The fourth-order valence-corrected chi connectivity index (χ4v) is 2.01. The zero-order chi connectivity index (χ0) is 15.2. The second-order valence-corrected chi connectivity index (χ2v) is 4.72. The second-order valence-electron chi connectivity index (χ2n) is 4.45. The van der Waals surface area contributed by atoms with Crippen molar-refractivity contribution in [3.63, 3.8) is 0 Å². The Morgan fingerprint density at radius 3 is 2.48 bits per heavy atom. The molecule has 4 nitrogen and oxygen atoms in total. The van der Waals surface area contributed by atoms with Crippen LogP contribution in [0.5, 0.6) is 5.75 Å². The van der Waals surface area contributed by atoms with Gasteiger partial charge in [0.25, 0.3) is 5.69 Å². The van der Waals surface area contributed by atoms with E-state index in [-0.39, 0.29) is 11.6 Å². The summed E-state index contributed by atoms with van der Waals surface area (Å²) in [5.74, 6) is 0.252. The van der Waals surface area contributed by atoms with Gasteiger partial charge >= 0.3 is 0 Å². The number of benzene rings is 2. The summed E-state index contributed by atoms with van der Waals surface area (Å²) in [6.45, 7) is 0.350. The quantitative estimate of drug-likeness (QED) is 0.459. The summed E-state index contributed by atoms with van der Waals surface area (Å²) in [7, 11) is 0. The highest BCUT2D eigenvalue weighted by molar-refractivity contribution is 6.17. The van der Waals surface area contributed by atoms with Crippen LogP contribution in [-0.4, -0.2) is 11.5 Å². The van der Waals surface area contributed by atoms with Gasteiger partial charge < -0.3 is 4.74 Å². The first kappa shape index (κ1) is 15.3. The molecular formula is C15H13ClFNO3.